The first kappa shape index (κ1) is 38.0. The van der Waals surface area contributed by atoms with Crippen LogP contribution in [-0.2, 0) is 9.26 Å². The molecule has 5 fully saturated rings. The van der Waals surface area contributed by atoms with Crippen LogP contribution in [0.2, 0.25) is 0 Å². The van der Waals surface area contributed by atoms with Gasteiger partial charge in [-0.15, -0.1) is 6.58 Å². The van der Waals surface area contributed by atoms with Crippen LogP contribution in [0.1, 0.15) is 153 Å². The Morgan fingerprint density at radius 2 is 1.53 bits per heavy atom. The van der Waals surface area contributed by atoms with Crippen molar-refractivity contribution < 1.29 is 14.4 Å². The second-order valence-corrected chi connectivity index (χ2v) is 20.0. The molecule has 1 saturated heterocycles. The Morgan fingerprint density at radius 3 is 2.16 bits per heavy atom. The predicted molar refractivity (Wildman–Crippen MR) is 199 cm³/mol. The van der Waals surface area contributed by atoms with Crippen LogP contribution in [0.5, 0.6) is 0 Å². The molecule has 5 aliphatic rings. The first-order chi connectivity index (χ1) is 20.9. The van der Waals surface area contributed by atoms with Crippen molar-refractivity contribution >= 4 is 17.4 Å². The molecular weight excluding hydrogens is 590 g/mol. The van der Waals surface area contributed by atoms with E-state index in [-0.39, 0.29) is 11.0 Å². The van der Waals surface area contributed by atoms with Crippen molar-refractivity contribution in [3.8, 4) is 0 Å². The van der Waals surface area contributed by atoms with E-state index in [1.807, 2.05) is 6.08 Å². The first-order valence-electron chi connectivity index (χ1n) is 18.6. The maximum absolute atomic E-state index is 11.2. The van der Waals surface area contributed by atoms with Crippen molar-refractivity contribution in [1.82, 2.24) is 0 Å². The molecule has 5 rings (SSSR count). The van der Waals surface area contributed by atoms with Gasteiger partial charge in [0.05, 0.1) is 23.9 Å². The lowest BCUT2D eigenvalue weighted by Crippen LogP contribution is -2.59. The third kappa shape index (κ3) is 7.85. The molecule has 1 aliphatic heterocycles. The zero-order chi connectivity index (χ0) is 33.5. The molecule has 0 spiro atoms. The van der Waals surface area contributed by atoms with Crippen LogP contribution >= 0.6 is 17.4 Å². The SMILES string of the molecule is C/C(=C/COPP)CCC1C(C)(O)CCC2C(C)(C)CCCC21C.C=CC1(C)CCC2C(O1)C(C)CC1C(C)(C)CCCC21C. The molecule has 0 aromatic carbocycles. The van der Waals surface area contributed by atoms with Crippen molar-refractivity contribution in [3.05, 3.63) is 24.3 Å². The number of aliphatic hydroxyl groups is 1. The molecule has 4 saturated carbocycles. The number of ether oxygens (including phenoxy) is 1. The van der Waals surface area contributed by atoms with Crippen molar-refractivity contribution in [2.24, 2.45) is 51.2 Å². The molecule has 0 amide bonds. The molecule has 0 aromatic rings. The van der Waals surface area contributed by atoms with Gasteiger partial charge in [0, 0.05) is 8.50 Å². The van der Waals surface area contributed by atoms with E-state index < -0.39 is 5.60 Å². The maximum atomic E-state index is 11.2. The molecule has 12 atom stereocenters. The van der Waals surface area contributed by atoms with E-state index in [9.17, 15) is 5.11 Å². The second kappa shape index (κ2) is 14.2. The molecular formula is C40H72O3P2. The number of rotatable bonds is 7. The van der Waals surface area contributed by atoms with Crippen molar-refractivity contribution in [1.29, 1.82) is 0 Å². The van der Waals surface area contributed by atoms with Gasteiger partial charge in [0.25, 0.3) is 0 Å². The lowest BCUT2D eigenvalue weighted by atomic mass is 9.45. The fourth-order valence-electron chi connectivity index (χ4n) is 12.1. The second-order valence-electron chi connectivity index (χ2n) is 18.7. The third-order valence-electron chi connectivity index (χ3n) is 14.7. The molecule has 3 nitrogen and oxygen atoms in total. The number of fused-ring (bicyclic) bond motifs is 4. The summed E-state index contributed by atoms with van der Waals surface area (Å²) >= 11 is 0. The van der Waals surface area contributed by atoms with E-state index in [4.69, 9.17) is 9.26 Å². The summed E-state index contributed by atoms with van der Waals surface area (Å²) in [6.07, 6.45) is 21.0. The zero-order valence-corrected chi connectivity index (χ0v) is 33.2. The Labute approximate surface area is 283 Å². The van der Waals surface area contributed by atoms with E-state index >= 15 is 0 Å². The summed E-state index contributed by atoms with van der Waals surface area (Å²) < 4.78 is 12.0. The van der Waals surface area contributed by atoms with E-state index in [1.54, 1.807) is 0 Å². The maximum Gasteiger partial charge on any atom is 0.0836 e. The number of hydrogen-bond acceptors (Lipinski definition) is 3. The molecule has 45 heavy (non-hydrogen) atoms. The van der Waals surface area contributed by atoms with Crippen LogP contribution in [0, 0.1) is 51.2 Å². The minimum Gasteiger partial charge on any atom is -0.390 e. The molecule has 4 aliphatic carbocycles. The van der Waals surface area contributed by atoms with Gasteiger partial charge in [0.15, 0.2) is 0 Å². The standard InChI is InChI=1S/C20H38O2P2.C20H34O/c1-15(10-14-22-24-23)7-8-17-19(4)12-6-11-18(2,3)16(19)9-13-20(17,5)21;1-7-19(5)12-9-15-17(21-19)14(2)13-16-18(3,4)10-8-11-20(15,16)6/h10,16-17,21,24H,6-9,11-14,23H2,1-5H3;7,14-17H,1,8-13H2,2-6H3/b15-10-;. The van der Waals surface area contributed by atoms with Gasteiger partial charge in [0.2, 0.25) is 0 Å². The Kier molecular flexibility index (Phi) is 12.0. The lowest BCUT2D eigenvalue weighted by molar-refractivity contribution is -0.221. The summed E-state index contributed by atoms with van der Waals surface area (Å²) in [7, 11) is 3.10. The van der Waals surface area contributed by atoms with Crippen LogP contribution in [0.25, 0.3) is 0 Å². The summed E-state index contributed by atoms with van der Waals surface area (Å²) in [5.74, 6) is 3.45. The molecule has 260 valence electrons. The van der Waals surface area contributed by atoms with E-state index in [1.165, 1.54) is 63.4 Å². The van der Waals surface area contributed by atoms with Gasteiger partial charge in [-0.05, 0) is 143 Å². The molecule has 12 unspecified atom stereocenters. The Bertz CT molecular complexity index is 1050. The minimum atomic E-state index is -0.517. The largest absolute Gasteiger partial charge is 0.390 e. The van der Waals surface area contributed by atoms with Crippen LogP contribution in [0.4, 0.5) is 0 Å². The monoisotopic (exact) mass is 662 g/mol. The van der Waals surface area contributed by atoms with Gasteiger partial charge >= 0.3 is 0 Å². The normalized spacial score (nSPS) is 45.9. The number of hydrogen-bond donors (Lipinski definition) is 1. The summed E-state index contributed by atoms with van der Waals surface area (Å²) in [5, 5.41) is 11.2. The van der Waals surface area contributed by atoms with Gasteiger partial charge in [-0.2, -0.15) is 0 Å². The first-order valence-corrected chi connectivity index (χ1v) is 21.3. The topological polar surface area (TPSA) is 38.7 Å². The Hall–Kier alpha value is 0.220. The Balaban J connectivity index is 0.000000206. The van der Waals surface area contributed by atoms with Crippen LogP contribution in [0.15, 0.2) is 24.3 Å². The van der Waals surface area contributed by atoms with E-state index in [2.05, 4.69) is 90.8 Å². The van der Waals surface area contributed by atoms with Crippen molar-refractivity contribution in [3.63, 3.8) is 0 Å². The van der Waals surface area contributed by atoms with Crippen LogP contribution in [-0.4, -0.2) is 29.0 Å². The fourth-order valence-corrected chi connectivity index (χ4v) is 12.6. The molecule has 1 heterocycles. The van der Waals surface area contributed by atoms with Crippen molar-refractivity contribution in [2.45, 2.75) is 170 Å². The third-order valence-corrected chi connectivity index (χ3v) is 15.5. The van der Waals surface area contributed by atoms with E-state index in [0.29, 0.717) is 49.3 Å². The molecule has 0 aromatic heterocycles. The van der Waals surface area contributed by atoms with Gasteiger partial charge < -0.3 is 14.4 Å². The summed E-state index contributed by atoms with van der Waals surface area (Å²) in [4.78, 5) is 0. The molecule has 1 N–H and O–H groups in total. The average molecular weight is 663 g/mol. The van der Waals surface area contributed by atoms with E-state index in [0.717, 1.165) is 43.4 Å². The highest BCUT2D eigenvalue weighted by molar-refractivity contribution is 8.00. The summed E-state index contributed by atoms with van der Waals surface area (Å²) in [5.41, 5.74) is 2.48. The fraction of sp³-hybridized carbons (Fsp3) is 0.900. The van der Waals surface area contributed by atoms with Crippen LogP contribution in [0.3, 0.4) is 0 Å². The van der Waals surface area contributed by atoms with Gasteiger partial charge in [0.1, 0.15) is 0 Å². The molecule has 0 bridgehead atoms. The lowest BCUT2D eigenvalue weighted by Gasteiger charge is -2.63. The van der Waals surface area contributed by atoms with Gasteiger partial charge in [-0.25, -0.2) is 0 Å². The number of allylic oxidation sites excluding steroid dienone is 1. The summed E-state index contributed by atoms with van der Waals surface area (Å²) in [6, 6.07) is 0. The highest BCUT2D eigenvalue weighted by Crippen LogP contribution is 2.65. The van der Waals surface area contributed by atoms with Crippen molar-refractivity contribution in [2.75, 3.05) is 6.61 Å². The van der Waals surface area contributed by atoms with Crippen LogP contribution < -0.4 is 0 Å². The highest BCUT2D eigenvalue weighted by Gasteiger charge is 2.59. The summed E-state index contributed by atoms with van der Waals surface area (Å²) in [6.45, 7) is 28.7. The minimum absolute atomic E-state index is 0.0944. The molecule has 5 heteroatoms. The predicted octanol–water partition coefficient (Wildman–Crippen LogP) is 11.7. The zero-order valence-electron chi connectivity index (χ0n) is 31.1. The molecule has 0 radical (unpaired) electrons. The highest BCUT2D eigenvalue weighted by atomic mass is 32.0. The average Bonchev–Trinajstić information content (AvgIpc) is 2.93. The smallest absolute Gasteiger partial charge is 0.0836 e. The Morgan fingerprint density at radius 1 is 0.911 bits per heavy atom. The quantitative estimate of drug-likeness (QED) is 0.167. The van der Waals surface area contributed by atoms with Gasteiger partial charge in [-0.1, -0.05) is 88.0 Å². The van der Waals surface area contributed by atoms with Gasteiger partial charge in [-0.3, -0.25) is 0 Å².